The highest BCUT2D eigenvalue weighted by Crippen LogP contribution is 2.33. The molecule has 1 atom stereocenters. The van der Waals surface area contributed by atoms with Gasteiger partial charge in [0.05, 0.1) is 26.5 Å². The van der Waals surface area contributed by atoms with Gasteiger partial charge in [-0.3, -0.25) is 9.69 Å². The number of nitrogens with one attached hydrogen (secondary N) is 1. The Bertz CT molecular complexity index is 834. The standard InChI is InChI=1S/C18H21N3O4S/c1-10(2)15-17(22)21(18(23)20-15)8-12-9-26-16(19-12)11-5-6-13(24-3)14(7-11)25-4/h5-7,9-10,15H,8H2,1-4H3,(H,20,23)/t15-/m0/s1. The Morgan fingerprint density at radius 3 is 2.58 bits per heavy atom. The number of thiazole rings is 1. The average molecular weight is 375 g/mol. The predicted molar refractivity (Wildman–Crippen MR) is 98.4 cm³/mol. The SMILES string of the molecule is COc1ccc(-c2nc(CN3C(=O)N[C@@H](C(C)C)C3=O)cs2)cc1OC. The van der Waals surface area contributed by atoms with Gasteiger partial charge in [-0.2, -0.15) is 0 Å². The quantitative estimate of drug-likeness (QED) is 0.785. The maximum atomic E-state index is 12.4. The molecule has 138 valence electrons. The van der Waals surface area contributed by atoms with E-state index in [9.17, 15) is 9.59 Å². The van der Waals surface area contributed by atoms with Gasteiger partial charge in [-0.1, -0.05) is 13.8 Å². The van der Waals surface area contributed by atoms with Crippen molar-refractivity contribution in [1.29, 1.82) is 0 Å². The molecule has 1 aromatic heterocycles. The van der Waals surface area contributed by atoms with Crippen LogP contribution in [0.3, 0.4) is 0 Å². The number of nitrogens with zero attached hydrogens (tertiary/aromatic N) is 2. The van der Waals surface area contributed by atoms with Crippen molar-refractivity contribution in [1.82, 2.24) is 15.2 Å². The van der Waals surface area contributed by atoms with E-state index in [1.165, 1.54) is 16.2 Å². The Morgan fingerprint density at radius 1 is 1.23 bits per heavy atom. The second-order valence-electron chi connectivity index (χ2n) is 6.31. The molecule has 1 fully saturated rings. The average Bonchev–Trinajstić information content (AvgIpc) is 3.21. The number of methoxy groups -OCH3 is 2. The van der Waals surface area contributed by atoms with E-state index in [0.29, 0.717) is 17.2 Å². The number of aromatic nitrogens is 1. The molecule has 26 heavy (non-hydrogen) atoms. The lowest BCUT2D eigenvalue weighted by atomic mass is 10.1. The monoisotopic (exact) mass is 375 g/mol. The number of urea groups is 1. The summed E-state index contributed by atoms with van der Waals surface area (Å²) in [4.78, 5) is 30.2. The van der Waals surface area contributed by atoms with E-state index >= 15 is 0 Å². The molecule has 2 heterocycles. The Morgan fingerprint density at radius 2 is 1.96 bits per heavy atom. The first-order chi connectivity index (χ1) is 12.4. The van der Waals surface area contributed by atoms with Crippen molar-refractivity contribution in [3.63, 3.8) is 0 Å². The fourth-order valence-corrected chi connectivity index (χ4v) is 3.59. The number of imide groups is 1. The summed E-state index contributed by atoms with van der Waals surface area (Å²) in [7, 11) is 3.17. The summed E-state index contributed by atoms with van der Waals surface area (Å²) in [5.74, 6) is 1.11. The smallest absolute Gasteiger partial charge is 0.325 e. The minimum Gasteiger partial charge on any atom is -0.493 e. The van der Waals surface area contributed by atoms with Crippen LogP contribution in [0.1, 0.15) is 19.5 Å². The molecule has 0 saturated carbocycles. The zero-order valence-electron chi connectivity index (χ0n) is 15.1. The summed E-state index contributed by atoms with van der Waals surface area (Å²) in [6, 6.07) is 4.73. The van der Waals surface area contributed by atoms with E-state index in [1.54, 1.807) is 14.2 Å². The summed E-state index contributed by atoms with van der Waals surface area (Å²) >= 11 is 1.45. The molecule has 1 N–H and O–H groups in total. The minimum absolute atomic E-state index is 0.0502. The second-order valence-corrected chi connectivity index (χ2v) is 7.17. The molecule has 2 aromatic rings. The van der Waals surface area contributed by atoms with Gasteiger partial charge in [-0.25, -0.2) is 9.78 Å². The van der Waals surface area contributed by atoms with Crippen molar-refractivity contribution < 1.29 is 19.1 Å². The first kappa shape index (κ1) is 18.2. The lowest BCUT2D eigenvalue weighted by Gasteiger charge is -2.13. The van der Waals surface area contributed by atoms with Crippen LogP contribution < -0.4 is 14.8 Å². The van der Waals surface area contributed by atoms with Gasteiger partial charge in [0.2, 0.25) is 0 Å². The first-order valence-corrected chi connectivity index (χ1v) is 9.11. The molecule has 7 nitrogen and oxygen atoms in total. The fourth-order valence-electron chi connectivity index (χ4n) is 2.79. The lowest BCUT2D eigenvalue weighted by molar-refractivity contribution is -0.128. The third-order valence-corrected chi connectivity index (χ3v) is 5.17. The summed E-state index contributed by atoms with van der Waals surface area (Å²) in [5.41, 5.74) is 1.56. The van der Waals surface area contributed by atoms with Crippen LogP contribution in [0.2, 0.25) is 0 Å². The second kappa shape index (κ2) is 7.33. The van der Waals surface area contributed by atoms with Gasteiger partial charge in [0.15, 0.2) is 11.5 Å². The molecule has 0 bridgehead atoms. The zero-order chi connectivity index (χ0) is 18.8. The first-order valence-electron chi connectivity index (χ1n) is 8.23. The molecular weight excluding hydrogens is 354 g/mol. The van der Waals surface area contributed by atoms with E-state index in [2.05, 4.69) is 10.3 Å². The van der Waals surface area contributed by atoms with Crippen LogP contribution in [0.15, 0.2) is 23.6 Å². The number of benzene rings is 1. The number of carbonyl (C=O) groups excluding carboxylic acids is 2. The van der Waals surface area contributed by atoms with Crippen LogP contribution >= 0.6 is 11.3 Å². The molecule has 0 radical (unpaired) electrons. The van der Waals surface area contributed by atoms with Gasteiger partial charge < -0.3 is 14.8 Å². The highest BCUT2D eigenvalue weighted by atomic mass is 32.1. The van der Waals surface area contributed by atoms with Gasteiger partial charge in [-0.15, -0.1) is 11.3 Å². The summed E-state index contributed by atoms with van der Waals surface area (Å²) in [6.07, 6.45) is 0. The third kappa shape index (κ3) is 3.37. The molecule has 1 aliphatic rings. The van der Waals surface area contributed by atoms with Crippen molar-refractivity contribution in [3.05, 3.63) is 29.3 Å². The number of ether oxygens (including phenoxy) is 2. The largest absolute Gasteiger partial charge is 0.493 e. The number of amides is 3. The summed E-state index contributed by atoms with van der Waals surface area (Å²) in [5, 5.41) is 5.36. The van der Waals surface area contributed by atoms with Gasteiger partial charge in [-0.05, 0) is 24.1 Å². The minimum atomic E-state index is -0.466. The molecule has 0 unspecified atom stereocenters. The van der Waals surface area contributed by atoms with E-state index in [4.69, 9.17) is 9.47 Å². The lowest BCUT2D eigenvalue weighted by Crippen LogP contribution is -2.34. The van der Waals surface area contributed by atoms with Crippen LogP contribution in [0, 0.1) is 5.92 Å². The molecule has 1 aromatic carbocycles. The van der Waals surface area contributed by atoms with E-state index < -0.39 is 6.04 Å². The van der Waals surface area contributed by atoms with E-state index in [1.807, 2.05) is 37.4 Å². The molecule has 1 saturated heterocycles. The Balaban J connectivity index is 1.78. The predicted octanol–water partition coefficient (Wildman–Crippen LogP) is 2.90. The Kier molecular flexibility index (Phi) is 5.13. The zero-order valence-corrected chi connectivity index (χ0v) is 15.9. The third-order valence-electron chi connectivity index (χ3n) is 4.23. The molecule has 3 amide bonds. The molecule has 3 rings (SSSR count). The van der Waals surface area contributed by atoms with Crippen LogP contribution in [-0.4, -0.2) is 42.1 Å². The van der Waals surface area contributed by atoms with Gasteiger partial charge >= 0.3 is 6.03 Å². The van der Waals surface area contributed by atoms with Crippen LogP contribution in [-0.2, 0) is 11.3 Å². The van der Waals surface area contributed by atoms with Crippen molar-refractivity contribution >= 4 is 23.3 Å². The summed E-state index contributed by atoms with van der Waals surface area (Å²) in [6.45, 7) is 3.98. The molecule has 0 aliphatic carbocycles. The Hall–Kier alpha value is -2.61. The van der Waals surface area contributed by atoms with Crippen molar-refractivity contribution in [3.8, 4) is 22.1 Å². The topological polar surface area (TPSA) is 80.8 Å². The highest BCUT2D eigenvalue weighted by Gasteiger charge is 2.39. The number of hydrogen-bond donors (Lipinski definition) is 1. The highest BCUT2D eigenvalue weighted by molar-refractivity contribution is 7.13. The van der Waals surface area contributed by atoms with Gasteiger partial charge in [0, 0.05) is 10.9 Å². The molecular formula is C18H21N3O4S. The molecule has 0 spiro atoms. The number of carbonyl (C=O) groups is 2. The normalized spacial score (nSPS) is 17.0. The van der Waals surface area contributed by atoms with E-state index in [-0.39, 0.29) is 24.4 Å². The maximum absolute atomic E-state index is 12.4. The van der Waals surface area contributed by atoms with Crippen LogP contribution in [0.4, 0.5) is 4.79 Å². The van der Waals surface area contributed by atoms with Crippen LogP contribution in [0.25, 0.3) is 10.6 Å². The number of hydrogen-bond acceptors (Lipinski definition) is 6. The van der Waals surface area contributed by atoms with Crippen LogP contribution in [0.5, 0.6) is 11.5 Å². The van der Waals surface area contributed by atoms with Crippen molar-refractivity contribution in [2.45, 2.75) is 26.4 Å². The maximum Gasteiger partial charge on any atom is 0.325 e. The number of rotatable bonds is 6. The molecule has 1 aliphatic heterocycles. The van der Waals surface area contributed by atoms with Crippen molar-refractivity contribution in [2.75, 3.05) is 14.2 Å². The fraction of sp³-hybridized carbons (Fsp3) is 0.389. The molecule has 8 heteroatoms. The Labute approximate surface area is 155 Å². The van der Waals surface area contributed by atoms with Gasteiger partial charge in [0.25, 0.3) is 5.91 Å². The van der Waals surface area contributed by atoms with Gasteiger partial charge in [0.1, 0.15) is 11.0 Å². The summed E-state index contributed by atoms with van der Waals surface area (Å²) < 4.78 is 10.6. The van der Waals surface area contributed by atoms with Crippen molar-refractivity contribution in [2.24, 2.45) is 5.92 Å². The van der Waals surface area contributed by atoms with E-state index in [0.717, 1.165) is 10.6 Å².